The van der Waals surface area contributed by atoms with Crippen molar-refractivity contribution >= 4 is 0 Å². The number of hydrogen-bond acceptors (Lipinski definition) is 6. The lowest BCUT2D eigenvalue weighted by Crippen LogP contribution is -2.30. The third kappa shape index (κ3) is 2.45. The first-order valence-corrected chi connectivity index (χ1v) is 6.46. The lowest BCUT2D eigenvalue weighted by molar-refractivity contribution is 0.171. The van der Waals surface area contributed by atoms with Crippen LogP contribution in [-0.4, -0.2) is 28.0 Å². The van der Waals surface area contributed by atoms with Crippen molar-refractivity contribution in [2.24, 2.45) is 12.9 Å². The summed E-state index contributed by atoms with van der Waals surface area (Å²) in [6.45, 7) is 1.16. The van der Waals surface area contributed by atoms with Crippen LogP contribution in [0.15, 0.2) is 24.5 Å². The number of aromatic nitrogens is 3. The molecule has 0 spiro atoms. The third-order valence-electron chi connectivity index (χ3n) is 3.36. The molecule has 1 aliphatic rings. The maximum absolute atomic E-state index is 5.67. The van der Waals surface area contributed by atoms with E-state index in [2.05, 4.69) is 15.5 Å². The monoisotopic (exact) mass is 275 g/mol. The Morgan fingerprint density at radius 1 is 1.35 bits per heavy atom. The van der Waals surface area contributed by atoms with Gasteiger partial charge in [-0.2, -0.15) is 5.10 Å². The Hall–Kier alpha value is -2.12. The Kier molecular flexibility index (Phi) is 3.53. The molecule has 1 aromatic carbocycles. The number of nitrogens with one attached hydrogen (secondary N) is 1. The number of hydrogen-bond donors (Lipinski definition) is 2. The van der Waals surface area contributed by atoms with Crippen molar-refractivity contribution in [1.29, 1.82) is 0 Å². The van der Waals surface area contributed by atoms with E-state index in [1.165, 1.54) is 6.33 Å². The first kappa shape index (κ1) is 12.9. The van der Waals surface area contributed by atoms with Crippen LogP contribution in [0.5, 0.6) is 11.5 Å². The van der Waals surface area contributed by atoms with Crippen LogP contribution in [0.25, 0.3) is 0 Å². The van der Waals surface area contributed by atoms with E-state index in [9.17, 15) is 0 Å². The summed E-state index contributed by atoms with van der Waals surface area (Å²) in [7, 11) is 1.86. The van der Waals surface area contributed by atoms with E-state index in [0.29, 0.717) is 19.6 Å². The van der Waals surface area contributed by atoms with Crippen LogP contribution in [0.3, 0.4) is 0 Å². The highest BCUT2D eigenvalue weighted by molar-refractivity contribution is 5.44. The minimum Gasteiger partial charge on any atom is -0.486 e. The van der Waals surface area contributed by atoms with Gasteiger partial charge in [0.2, 0.25) is 0 Å². The third-order valence-corrected chi connectivity index (χ3v) is 3.36. The Balaban J connectivity index is 1.84. The summed E-state index contributed by atoms with van der Waals surface area (Å²) >= 11 is 0. The highest BCUT2D eigenvalue weighted by atomic mass is 16.6. The van der Waals surface area contributed by atoms with Crippen molar-refractivity contribution in [3.05, 3.63) is 35.9 Å². The fourth-order valence-corrected chi connectivity index (χ4v) is 2.24. The van der Waals surface area contributed by atoms with Crippen molar-refractivity contribution in [2.45, 2.75) is 12.5 Å². The van der Waals surface area contributed by atoms with E-state index in [-0.39, 0.29) is 6.04 Å². The number of fused-ring (bicyclic) bond motifs is 1. The highest BCUT2D eigenvalue weighted by Gasteiger charge is 2.18. The predicted molar refractivity (Wildman–Crippen MR) is 72.2 cm³/mol. The van der Waals surface area contributed by atoms with Crippen molar-refractivity contribution in [3.63, 3.8) is 0 Å². The van der Waals surface area contributed by atoms with Crippen LogP contribution in [0.1, 0.15) is 17.4 Å². The van der Waals surface area contributed by atoms with E-state index in [0.717, 1.165) is 22.9 Å². The molecule has 0 bridgehead atoms. The predicted octanol–water partition coefficient (Wildman–Crippen LogP) is 0.333. The second-order valence-corrected chi connectivity index (χ2v) is 4.63. The van der Waals surface area contributed by atoms with E-state index >= 15 is 0 Å². The Morgan fingerprint density at radius 3 is 2.85 bits per heavy atom. The summed E-state index contributed by atoms with van der Waals surface area (Å²) in [6, 6.07) is 5.78. The van der Waals surface area contributed by atoms with Gasteiger partial charge < -0.3 is 9.47 Å². The molecule has 0 amide bonds. The lowest BCUT2D eigenvalue weighted by Gasteiger charge is -2.21. The number of ether oxygens (including phenoxy) is 2. The van der Waals surface area contributed by atoms with Crippen LogP contribution >= 0.6 is 0 Å². The van der Waals surface area contributed by atoms with Gasteiger partial charge in [-0.25, -0.2) is 4.98 Å². The van der Waals surface area contributed by atoms with Gasteiger partial charge in [0.1, 0.15) is 25.4 Å². The van der Waals surface area contributed by atoms with Crippen molar-refractivity contribution in [2.75, 3.05) is 13.2 Å². The maximum atomic E-state index is 5.67. The number of benzene rings is 1. The molecule has 7 nitrogen and oxygen atoms in total. The molecule has 1 atom stereocenters. The van der Waals surface area contributed by atoms with Gasteiger partial charge in [0.15, 0.2) is 11.5 Å². The molecular formula is C13H17N5O2. The molecule has 0 saturated carbocycles. The average molecular weight is 275 g/mol. The summed E-state index contributed by atoms with van der Waals surface area (Å²) in [6.07, 6.45) is 2.18. The van der Waals surface area contributed by atoms with Crippen LogP contribution in [0.4, 0.5) is 0 Å². The molecule has 0 fully saturated rings. The first-order valence-electron chi connectivity index (χ1n) is 6.46. The van der Waals surface area contributed by atoms with Gasteiger partial charge in [-0.15, -0.1) is 0 Å². The normalized spacial score (nSPS) is 15.1. The van der Waals surface area contributed by atoms with Gasteiger partial charge in [0, 0.05) is 13.5 Å². The van der Waals surface area contributed by atoms with Crippen molar-refractivity contribution in [1.82, 2.24) is 20.2 Å². The fraction of sp³-hybridized carbons (Fsp3) is 0.385. The van der Waals surface area contributed by atoms with Crippen LogP contribution in [0, 0.1) is 0 Å². The molecule has 1 aromatic heterocycles. The van der Waals surface area contributed by atoms with Crippen molar-refractivity contribution in [3.8, 4) is 11.5 Å². The van der Waals surface area contributed by atoms with E-state index in [1.807, 2.05) is 25.2 Å². The standard InChI is InChI=1S/C13H17N5O2/c1-18-13(15-8-16-18)7-10(17-14)9-2-3-11-12(6-9)20-5-4-19-11/h2-3,6,8,10,17H,4-5,7,14H2,1H3. The van der Waals surface area contributed by atoms with Crippen molar-refractivity contribution < 1.29 is 9.47 Å². The first-order chi connectivity index (χ1) is 9.78. The number of nitrogens with zero attached hydrogens (tertiary/aromatic N) is 3. The second kappa shape index (κ2) is 5.48. The number of rotatable bonds is 4. The molecule has 3 rings (SSSR count). The number of hydrazine groups is 1. The number of aryl methyl sites for hydroxylation is 1. The summed E-state index contributed by atoms with van der Waals surface area (Å²) in [4.78, 5) is 4.22. The van der Waals surface area contributed by atoms with Gasteiger partial charge >= 0.3 is 0 Å². The molecule has 1 unspecified atom stereocenters. The Labute approximate surface area is 116 Å². The molecule has 0 aliphatic carbocycles. The zero-order chi connectivity index (χ0) is 13.9. The summed E-state index contributed by atoms with van der Waals surface area (Å²) in [5.74, 6) is 8.06. The molecular weight excluding hydrogens is 258 g/mol. The van der Waals surface area contributed by atoms with Gasteiger partial charge in [0.25, 0.3) is 0 Å². The van der Waals surface area contributed by atoms with Gasteiger partial charge in [-0.1, -0.05) is 6.07 Å². The van der Waals surface area contributed by atoms with Crippen LogP contribution in [-0.2, 0) is 13.5 Å². The highest BCUT2D eigenvalue weighted by Crippen LogP contribution is 2.33. The van der Waals surface area contributed by atoms with E-state index in [1.54, 1.807) is 4.68 Å². The molecule has 3 N–H and O–H groups in total. The molecule has 7 heteroatoms. The summed E-state index contributed by atoms with van der Waals surface area (Å²) < 4.78 is 12.8. The quantitative estimate of drug-likeness (QED) is 0.618. The minimum absolute atomic E-state index is 0.0614. The average Bonchev–Trinajstić information content (AvgIpc) is 2.89. The fourth-order valence-electron chi connectivity index (χ4n) is 2.24. The molecule has 0 saturated heterocycles. The smallest absolute Gasteiger partial charge is 0.161 e. The molecule has 106 valence electrons. The Bertz CT molecular complexity index is 598. The van der Waals surface area contributed by atoms with Gasteiger partial charge in [-0.05, 0) is 17.7 Å². The largest absolute Gasteiger partial charge is 0.486 e. The zero-order valence-corrected chi connectivity index (χ0v) is 11.2. The molecule has 2 heterocycles. The SMILES string of the molecule is Cn1ncnc1CC(NN)c1ccc2c(c1)OCCO2. The van der Waals surface area contributed by atoms with Crippen LogP contribution < -0.4 is 20.7 Å². The summed E-state index contributed by atoms with van der Waals surface area (Å²) in [5.41, 5.74) is 3.84. The van der Waals surface area contributed by atoms with E-state index < -0.39 is 0 Å². The van der Waals surface area contributed by atoms with Gasteiger partial charge in [0.05, 0.1) is 6.04 Å². The second-order valence-electron chi connectivity index (χ2n) is 4.63. The molecule has 2 aromatic rings. The number of nitrogens with two attached hydrogens (primary N) is 1. The Morgan fingerprint density at radius 2 is 2.15 bits per heavy atom. The molecule has 1 aliphatic heterocycles. The van der Waals surface area contributed by atoms with E-state index in [4.69, 9.17) is 15.3 Å². The molecule has 20 heavy (non-hydrogen) atoms. The lowest BCUT2D eigenvalue weighted by atomic mass is 10.0. The zero-order valence-electron chi connectivity index (χ0n) is 11.2. The topological polar surface area (TPSA) is 87.2 Å². The summed E-state index contributed by atoms with van der Waals surface area (Å²) in [5, 5.41) is 4.06. The van der Waals surface area contributed by atoms with Gasteiger partial charge in [-0.3, -0.25) is 16.0 Å². The maximum Gasteiger partial charge on any atom is 0.161 e. The minimum atomic E-state index is -0.0614. The van der Waals surface area contributed by atoms with Crippen LogP contribution in [0.2, 0.25) is 0 Å². The molecule has 0 radical (unpaired) electrons.